The fourth-order valence-electron chi connectivity index (χ4n) is 3.41. The van der Waals surface area contributed by atoms with Crippen LogP contribution in [0.2, 0.25) is 0 Å². The predicted molar refractivity (Wildman–Crippen MR) is 94.1 cm³/mol. The Morgan fingerprint density at radius 3 is 2.80 bits per heavy atom. The zero-order valence-corrected chi connectivity index (χ0v) is 13.9. The maximum atomic E-state index is 12.7. The monoisotopic (exact) mass is 336 g/mol. The van der Waals surface area contributed by atoms with E-state index >= 15 is 0 Å². The van der Waals surface area contributed by atoms with Gasteiger partial charge in [-0.25, -0.2) is 14.6 Å². The Kier molecular flexibility index (Phi) is 4.15. The van der Waals surface area contributed by atoms with Crippen molar-refractivity contribution in [3.05, 3.63) is 54.0 Å². The second-order valence-electron chi connectivity index (χ2n) is 6.23. The summed E-state index contributed by atoms with van der Waals surface area (Å²) in [6.07, 6.45) is 4.23. The standard InChI is InChI=1S/C18H20N6O/c19-7-11-24-17-16(20-8-9-21-17)15(22-24)14-6-10-23(12-14)18(25)13-4-2-1-3-5-13/h1-5,8-9,14H,6-7,10-12,19H2/t14-/m1/s1. The summed E-state index contributed by atoms with van der Waals surface area (Å²) in [6.45, 7) is 2.48. The molecule has 3 aromatic rings. The molecule has 2 aromatic heterocycles. The van der Waals surface area contributed by atoms with Crippen molar-refractivity contribution in [2.75, 3.05) is 19.6 Å². The first-order valence-electron chi connectivity index (χ1n) is 8.49. The summed E-state index contributed by atoms with van der Waals surface area (Å²) >= 11 is 0. The molecule has 1 atom stereocenters. The van der Waals surface area contributed by atoms with Crippen LogP contribution in [-0.2, 0) is 6.54 Å². The lowest BCUT2D eigenvalue weighted by Gasteiger charge is -2.16. The van der Waals surface area contributed by atoms with Crippen molar-refractivity contribution < 1.29 is 4.79 Å². The normalized spacial score (nSPS) is 17.3. The van der Waals surface area contributed by atoms with Crippen molar-refractivity contribution in [2.45, 2.75) is 18.9 Å². The van der Waals surface area contributed by atoms with E-state index in [-0.39, 0.29) is 11.8 Å². The van der Waals surface area contributed by atoms with Gasteiger partial charge in [0.2, 0.25) is 0 Å². The number of hydrogen-bond acceptors (Lipinski definition) is 5. The number of carbonyl (C=O) groups is 1. The maximum absolute atomic E-state index is 12.7. The lowest BCUT2D eigenvalue weighted by Crippen LogP contribution is -2.28. The maximum Gasteiger partial charge on any atom is 0.253 e. The number of hydrogen-bond donors (Lipinski definition) is 1. The van der Waals surface area contributed by atoms with Crippen molar-refractivity contribution in [3.8, 4) is 0 Å². The first kappa shape index (κ1) is 15.7. The van der Waals surface area contributed by atoms with Gasteiger partial charge in [-0.05, 0) is 18.6 Å². The van der Waals surface area contributed by atoms with Gasteiger partial charge in [0.15, 0.2) is 5.65 Å². The van der Waals surface area contributed by atoms with Gasteiger partial charge in [0.05, 0.1) is 12.2 Å². The number of benzene rings is 1. The number of rotatable bonds is 4. The van der Waals surface area contributed by atoms with Crippen LogP contribution in [0.25, 0.3) is 11.2 Å². The summed E-state index contributed by atoms with van der Waals surface area (Å²) in [4.78, 5) is 23.4. The van der Waals surface area contributed by atoms with Crippen molar-refractivity contribution in [1.29, 1.82) is 0 Å². The first-order valence-corrected chi connectivity index (χ1v) is 8.49. The Morgan fingerprint density at radius 2 is 2.00 bits per heavy atom. The number of carbonyl (C=O) groups excluding carboxylic acids is 1. The molecule has 1 amide bonds. The molecule has 2 N–H and O–H groups in total. The molecule has 0 saturated carbocycles. The average Bonchev–Trinajstić information content (AvgIpc) is 3.28. The molecule has 0 aliphatic carbocycles. The summed E-state index contributed by atoms with van der Waals surface area (Å²) in [7, 11) is 0. The highest BCUT2D eigenvalue weighted by Gasteiger charge is 2.31. The minimum absolute atomic E-state index is 0.0693. The molecule has 0 spiro atoms. The zero-order chi connectivity index (χ0) is 17.2. The highest BCUT2D eigenvalue weighted by Crippen LogP contribution is 2.31. The van der Waals surface area contributed by atoms with Gasteiger partial charge in [-0.1, -0.05) is 18.2 Å². The van der Waals surface area contributed by atoms with Gasteiger partial charge in [-0.3, -0.25) is 4.79 Å². The van der Waals surface area contributed by atoms with E-state index in [2.05, 4.69) is 9.97 Å². The van der Waals surface area contributed by atoms with Crippen LogP contribution < -0.4 is 5.73 Å². The van der Waals surface area contributed by atoms with Crippen molar-refractivity contribution in [3.63, 3.8) is 0 Å². The summed E-state index contributed by atoms with van der Waals surface area (Å²) in [5, 5.41) is 4.70. The zero-order valence-electron chi connectivity index (χ0n) is 13.9. The molecule has 1 aliphatic rings. The van der Waals surface area contributed by atoms with Crippen LogP contribution >= 0.6 is 0 Å². The van der Waals surface area contributed by atoms with E-state index in [1.807, 2.05) is 39.9 Å². The van der Waals surface area contributed by atoms with Crippen molar-refractivity contribution >= 4 is 17.1 Å². The van der Waals surface area contributed by atoms with Crippen LogP contribution in [0.1, 0.15) is 28.4 Å². The molecular weight excluding hydrogens is 316 g/mol. The molecule has 3 heterocycles. The SMILES string of the molecule is NCCn1nc([C@@H]2CCN(C(=O)c3ccccc3)C2)c2nccnc21. The number of fused-ring (bicyclic) bond motifs is 1. The molecule has 1 saturated heterocycles. The molecule has 7 heteroatoms. The Hall–Kier alpha value is -2.80. The third-order valence-electron chi connectivity index (χ3n) is 4.62. The molecular formula is C18H20N6O. The summed E-state index contributed by atoms with van der Waals surface area (Å²) in [6, 6.07) is 9.40. The summed E-state index contributed by atoms with van der Waals surface area (Å²) in [5.41, 5.74) is 8.89. The topological polar surface area (TPSA) is 89.9 Å². The molecule has 1 fully saturated rings. The van der Waals surface area contributed by atoms with Gasteiger partial charge in [0.25, 0.3) is 5.91 Å². The van der Waals surface area contributed by atoms with Gasteiger partial charge >= 0.3 is 0 Å². The Morgan fingerprint density at radius 1 is 1.20 bits per heavy atom. The third-order valence-corrected chi connectivity index (χ3v) is 4.62. The fourth-order valence-corrected chi connectivity index (χ4v) is 3.41. The second kappa shape index (κ2) is 6.60. The summed E-state index contributed by atoms with van der Waals surface area (Å²) < 4.78 is 1.82. The van der Waals surface area contributed by atoms with E-state index in [4.69, 9.17) is 10.8 Å². The molecule has 25 heavy (non-hydrogen) atoms. The number of nitrogens with two attached hydrogens (primary N) is 1. The van der Waals surface area contributed by atoms with Gasteiger partial charge < -0.3 is 10.6 Å². The highest BCUT2D eigenvalue weighted by molar-refractivity contribution is 5.94. The summed E-state index contributed by atoms with van der Waals surface area (Å²) in [5.74, 6) is 0.241. The van der Waals surface area contributed by atoms with Crippen LogP contribution in [0.4, 0.5) is 0 Å². The van der Waals surface area contributed by atoms with Crippen molar-refractivity contribution in [2.24, 2.45) is 5.73 Å². The van der Waals surface area contributed by atoms with E-state index in [1.54, 1.807) is 12.4 Å². The Labute approximate surface area is 145 Å². The van der Waals surface area contributed by atoms with Crippen LogP contribution in [0.5, 0.6) is 0 Å². The predicted octanol–water partition coefficient (Wildman–Crippen LogP) is 1.41. The average molecular weight is 336 g/mol. The fraction of sp³-hybridized carbons (Fsp3) is 0.333. The van der Waals surface area contributed by atoms with E-state index < -0.39 is 0 Å². The van der Waals surface area contributed by atoms with Crippen LogP contribution in [0, 0.1) is 0 Å². The minimum atomic E-state index is 0.0693. The van der Waals surface area contributed by atoms with E-state index in [1.165, 1.54) is 0 Å². The van der Waals surface area contributed by atoms with Crippen LogP contribution in [0.15, 0.2) is 42.7 Å². The van der Waals surface area contributed by atoms with Crippen molar-refractivity contribution in [1.82, 2.24) is 24.6 Å². The van der Waals surface area contributed by atoms with Gasteiger partial charge in [-0.2, -0.15) is 5.10 Å². The molecule has 0 bridgehead atoms. The van der Waals surface area contributed by atoms with Gasteiger partial charge in [-0.15, -0.1) is 0 Å². The van der Waals surface area contributed by atoms with Gasteiger partial charge in [0.1, 0.15) is 5.52 Å². The van der Waals surface area contributed by atoms with E-state index in [0.717, 1.165) is 35.4 Å². The van der Waals surface area contributed by atoms with Crippen LogP contribution in [0.3, 0.4) is 0 Å². The number of aromatic nitrogens is 4. The Bertz CT molecular complexity index is 891. The molecule has 1 aromatic carbocycles. The molecule has 0 radical (unpaired) electrons. The first-order chi connectivity index (χ1) is 12.3. The Balaban J connectivity index is 1.60. The van der Waals surface area contributed by atoms with Gasteiger partial charge in [0, 0.05) is 43.5 Å². The molecule has 1 aliphatic heterocycles. The molecule has 7 nitrogen and oxygen atoms in total. The number of nitrogens with zero attached hydrogens (tertiary/aromatic N) is 5. The highest BCUT2D eigenvalue weighted by atomic mass is 16.2. The quantitative estimate of drug-likeness (QED) is 0.778. The third kappa shape index (κ3) is 2.87. The number of amides is 1. The lowest BCUT2D eigenvalue weighted by atomic mass is 10.0. The largest absolute Gasteiger partial charge is 0.338 e. The van der Waals surface area contributed by atoms with E-state index in [9.17, 15) is 4.79 Å². The lowest BCUT2D eigenvalue weighted by molar-refractivity contribution is 0.0790. The van der Waals surface area contributed by atoms with Crippen LogP contribution in [-0.4, -0.2) is 50.2 Å². The molecule has 128 valence electrons. The smallest absolute Gasteiger partial charge is 0.253 e. The molecule has 0 unspecified atom stereocenters. The number of likely N-dealkylation sites (tertiary alicyclic amines) is 1. The molecule has 4 rings (SSSR count). The van der Waals surface area contributed by atoms with E-state index in [0.29, 0.717) is 19.6 Å². The minimum Gasteiger partial charge on any atom is -0.338 e. The second-order valence-corrected chi connectivity index (χ2v) is 6.23.